The minimum Gasteiger partial charge on any atom is -0.350 e. The Morgan fingerprint density at radius 1 is 1.07 bits per heavy atom. The Kier molecular flexibility index (Phi) is 4.83. The van der Waals surface area contributed by atoms with Crippen molar-refractivity contribution >= 4 is 11.9 Å². The van der Waals surface area contributed by atoms with Crippen LogP contribution in [-0.4, -0.2) is 27.3 Å². The highest BCUT2D eigenvalue weighted by molar-refractivity contribution is 5.93. The van der Waals surface area contributed by atoms with Crippen LogP contribution in [0.25, 0.3) is 0 Å². The maximum Gasteiger partial charge on any atom is 0.257 e. The fourth-order valence-corrected chi connectivity index (χ4v) is 3.38. The second-order valence-electron chi connectivity index (χ2n) is 6.88. The summed E-state index contributed by atoms with van der Waals surface area (Å²) >= 11 is 0. The number of amides is 1. The van der Waals surface area contributed by atoms with Gasteiger partial charge in [-0.05, 0) is 30.0 Å². The molecule has 2 aromatic carbocycles. The Bertz CT molecular complexity index is 953. The summed E-state index contributed by atoms with van der Waals surface area (Å²) in [4.78, 5) is 23.2. The molecule has 0 bridgehead atoms. The second-order valence-corrected chi connectivity index (χ2v) is 6.88. The molecule has 5 nitrogen and oxygen atoms in total. The molecule has 1 aromatic heterocycles. The molecule has 1 N–H and O–H groups in total. The zero-order valence-electron chi connectivity index (χ0n) is 15.4. The van der Waals surface area contributed by atoms with Gasteiger partial charge in [-0.15, -0.1) is 0 Å². The molecule has 0 fully saturated rings. The maximum atomic E-state index is 12.8. The van der Waals surface area contributed by atoms with Gasteiger partial charge in [-0.2, -0.15) is 0 Å². The van der Waals surface area contributed by atoms with E-state index in [9.17, 15) is 4.79 Å². The van der Waals surface area contributed by atoms with E-state index >= 15 is 0 Å². The first-order chi connectivity index (χ1) is 13.2. The number of benzene rings is 2. The third-order valence-electron chi connectivity index (χ3n) is 4.85. The van der Waals surface area contributed by atoms with Crippen molar-refractivity contribution in [1.29, 1.82) is 0 Å². The lowest BCUT2D eigenvalue weighted by molar-refractivity contribution is 0.0734. The molecule has 0 spiro atoms. The lowest BCUT2D eigenvalue weighted by atomic mass is 9.99. The number of hydrogen-bond acceptors (Lipinski definition) is 4. The number of aromatic nitrogens is 2. The van der Waals surface area contributed by atoms with Crippen LogP contribution in [0.1, 0.15) is 32.6 Å². The zero-order valence-corrected chi connectivity index (χ0v) is 15.4. The number of anilines is 1. The van der Waals surface area contributed by atoms with E-state index in [1.54, 1.807) is 12.4 Å². The fraction of sp³-hybridized carbons (Fsp3) is 0.227. The summed E-state index contributed by atoms with van der Waals surface area (Å²) in [6.07, 6.45) is 4.10. The highest BCUT2D eigenvalue weighted by atomic mass is 16.2. The molecule has 1 aliphatic heterocycles. The van der Waals surface area contributed by atoms with Gasteiger partial charge < -0.3 is 10.2 Å². The molecule has 0 aliphatic carbocycles. The van der Waals surface area contributed by atoms with Gasteiger partial charge in [-0.1, -0.05) is 54.1 Å². The number of aryl methyl sites for hydroxylation is 1. The fourth-order valence-electron chi connectivity index (χ4n) is 3.38. The summed E-state index contributed by atoms with van der Waals surface area (Å²) in [5.41, 5.74) is 5.46. The molecular weight excluding hydrogens is 336 g/mol. The van der Waals surface area contributed by atoms with Crippen molar-refractivity contribution in [2.24, 2.45) is 0 Å². The minimum absolute atomic E-state index is 0.0188. The molecule has 3 aromatic rings. The van der Waals surface area contributed by atoms with Crippen LogP contribution in [0.4, 0.5) is 5.95 Å². The average molecular weight is 358 g/mol. The average Bonchev–Trinajstić information content (AvgIpc) is 2.72. The van der Waals surface area contributed by atoms with Crippen molar-refractivity contribution in [3.63, 3.8) is 0 Å². The van der Waals surface area contributed by atoms with E-state index in [4.69, 9.17) is 0 Å². The van der Waals surface area contributed by atoms with E-state index in [2.05, 4.69) is 52.5 Å². The van der Waals surface area contributed by atoms with Gasteiger partial charge in [0.25, 0.3) is 5.91 Å². The lowest BCUT2D eigenvalue weighted by Crippen LogP contribution is -2.36. The summed E-state index contributed by atoms with van der Waals surface area (Å²) in [6.45, 7) is 4.09. The van der Waals surface area contributed by atoms with E-state index in [1.165, 1.54) is 22.3 Å². The van der Waals surface area contributed by atoms with Crippen LogP contribution < -0.4 is 5.32 Å². The van der Waals surface area contributed by atoms with Crippen LogP contribution in [0.2, 0.25) is 0 Å². The molecule has 27 heavy (non-hydrogen) atoms. The van der Waals surface area contributed by atoms with Crippen molar-refractivity contribution in [3.05, 3.63) is 88.7 Å². The Morgan fingerprint density at radius 3 is 2.63 bits per heavy atom. The van der Waals surface area contributed by atoms with E-state index in [0.717, 1.165) is 13.0 Å². The van der Waals surface area contributed by atoms with Crippen molar-refractivity contribution in [2.45, 2.75) is 26.4 Å². The predicted octanol–water partition coefficient (Wildman–Crippen LogP) is 3.60. The number of carbonyl (C=O) groups is 1. The molecule has 0 unspecified atom stereocenters. The predicted molar refractivity (Wildman–Crippen MR) is 105 cm³/mol. The molecule has 4 rings (SSSR count). The monoisotopic (exact) mass is 358 g/mol. The van der Waals surface area contributed by atoms with Gasteiger partial charge in [0.1, 0.15) is 0 Å². The maximum absolute atomic E-state index is 12.8. The Balaban J connectivity index is 1.39. The molecule has 1 amide bonds. The molecule has 1 aliphatic rings. The summed E-state index contributed by atoms with van der Waals surface area (Å²) in [5.74, 6) is 0.506. The van der Waals surface area contributed by atoms with E-state index in [0.29, 0.717) is 24.6 Å². The third-order valence-corrected chi connectivity index (χ3v) is 4.85. The first kappa shape index (κ1) is 17.2. The van der Waals surface area contributed by atoms with Crippen LogP contribution in [0.5, 0.6) is 0 Å². The molecule has 0 atom stereocenters. The van der Waals surface area contributed by atoms with Crippen molar-refractivity contribution < 1.29 is 4.79 Å². The third kappa shape index (κ3) is 3.97. The summed E-state index contributed by atoms with van der Waals surface area (Å²) in [6, 6.07) is 16.6. The Labute approximate surface area is 159 Å². The molecule has 0 saturated carbocycles. The molecule has 136 valence electrons. The van der Waals surface area contributed by atoms with Crippen molar-refractivity contribution in [2.75, 3.05) is 11.9 Å². The van der Waals surface area contributed by atoms with E-state index in [1.807, 2.05) is 23.1 Å². The van der Waals surface area contributed by atoms with Gasteiger partial charge in [-0.3, -0.25) is 4.79 Å². The Hall–Kier alpha value is -3.21. The summed E-state index contributed by atoms with van der Waals surface area (Å²) in [5, 5.41) is 3.20. The van der Waals surface area contributed by atoms with Crippen LogP contribution in [0.3, 0.4) is 0 Å². The molecular formula is C22H22N4O. The van der Waals surface area contributed by atoms with Crippen LogP contribution in [0.15, 0.2) is 60.9 Å². The molecule has 5 heteroatoms. The lowest BCUT2D eigenvalue weighted by Gasteiger charge is -2.28. The van der Waals surface area contributed by atoms with E-state index < -0.39 is 0 Å². The summed E-state index contributed by atoms with van der Waals surface area (Å²) < 4.78 is 0. The topological polar surface area (TPSA) is 58.1 Å². The van der Waals surface area contributed by atoms with Gasteiger partial charge in [0.05, 0.1) is 5.56 Å². The highest BCUT2D eigenvalue weighted by Crippen LogP contribution is 2.20. The number of fused-ring (bicyclic) bond motifs is 1. The number of rotatable bonds is 4. The SMILES string of the molecule is Cc1cccc(CNc2ncc(C(=O)N3CCc4ccccc4C3)cn2)c1. The molecule has 0 saturated heterocycles. The molecule has 2 heterocycles. The first-order valence-corrected chi connectivity index (χ1v) is 9.16. The van der Waals surface area contributed by atoms with Gasteiger partial charge >= 0.3 is 0 Å². The minimum atomic E-state index is -0.0188. The smallest absolute Gasteiger partial charge is 0.257 e. The van der Waals surface area contributed by atoms with Crippen molar-refractivity contribution in [1.82, 2.24) is 14.9 Å². The Morgan fingerprint density at radius 2 is 1.85 bits per heavy atom. The van der Waals surface area contributed by atoms with Crippen molar-refractivity contribution in [3.8, 4) is 0 Å². The van der Waals surface area contributed by atoms with Gasteiger partial charge in [-0.25, -0.2) is 9.97 Å². The normalized spacial score (nSPS) is 13.1. The number of hydrogen-bond donors (Lipinski definition) is 1. The van der Waals surface area contributed by atoms with Crippen LogP contribution in [0, 0.1) is 6.92 Å². The quantitative estimate of drug-likeness (QED) is 0.774. The van der Waals surface area contributed by atoms with Gasteiger partial charge in [0, 0.05) is 32.0 Å². The highest BCUT2D eigenvalue weighted by Gasteiger charge is 2.22. The molecule has 0 radical (unpaired) electrons. The largest absolute Gasteiger partial charge is 0.350 e. The second kappa shape index (κ2) is 7.58. The standard InChI is InChI=1S/C22H22N4O/c1-16-5-4-6-17(11-16)12-23-22-24-13-20(14-25-22)21(27)26-10-9-18-7-2-3-8-19(18)15-26/h2-8,11,13-14H,9-10,12,15H2,1H3,(H,23,24,25). The number of nitrogens with zero attached hydrogens (tertiary/aromatic N) is 3. The van der Waals surface area contributed by atoms with Crippen LogP contribution in [-0.2, 0) is 19.5 Å². The number of carbonyl (C=O) groups excluding carboxylic acids is 1. The van der Waals surface area contributed by atoms with E-state index in [-0.39, 0.29) is 5.91 Å². The zero-order chi connectivity index (χ0) is 18.6. The first-order valence-electron chi connectivity index (χ1n) is 9.16. The number of nitrogens with one attached hydrogen (secondary N) is 1. The van der Waals surface area contributed by atoms with Gasteiger partial charge in [0.15, 0.2) is 0 Å². The van der Waals surface area contributed by atoms with Gasteiger partial charge in [0.2, 0.25) is 5.95 Å². The van der Waals surface area contributed by atoms with Crippen LogP contribution >= 0.6 is 0 Å². The summed E-state index contributed by atoms with van der Waals surface area (Å²) in [7, 11) is 0.